The van der Waals surface area contributed by atoms with Crippen LogP contribution in [0.4, 0.5) is 0 Å². The Morgan fingerprint density at radius 1 is 1.50 bits per heavy atom. The molecular weight excluding hydrogens is 264 g/mol. The van der Waals surface area contributed by atoms with Gasteiger partial charge in [-0.15, -0.1) is 11.3 Å². The van der Waals surface area contributed by atoms with Gasteiger partial charge in [-0.2, -0.15) is 12.6 Å². The standard InChI is InChI=1S/C13H16N2OS2/c1-8-9(2)18-11-10(8)12(16)15(7-14-11)5-13(6-17)3-4-13/h7,17H,3-6H2,1-2H3. The molecule has 96 valence electrons. The van der Waals surface area contributed by atoms with E-state index < -0.39 is 0 Å². The minimum Gasteiger partial charge on any atom is -0.298 e. The Bertz CT molecular complexity index is 667. The summed E-state index contributed by atoms with van der Waals surface area (Å²) in [6.45, 7) is 4.81. The second-order valence-electron chi connectivity index (χ2n) is 5.30. The maximum absolute atomic E-state index is 12.5. The molecule has 0 radical (unpaired) electrons. The SMILES string of the molecule is Cc1sc2ncn(CC3(CS)CC3)c(=O)c2c1C. The van der Waals surface area contributed by atoms with Crippen LogP contribution in [-0.2, 0) is 6.54 Å². The smallest absolute Gasteiger partial charge is 0.262 e. The lowest BCUT2D eigenvalue weighted by Crippen LogP contribution is -2.25. The summed E-state index contributed by atoms with van der Waals surface area (Å²) in [5.74, 6) is 0.846. The van der Waals surface area contributed by atoms with Crippen LogP contribution >= 0.6 is 24.0 Å². The van der Waals surface area contributed by atoms with Crippen LogP contribution in [0, 0.1) is 19.3 Å². The van der Waals surface area contributed by atoms with Crippen LogP contribution < -0.4 is 5.56 Å². The van der Waals surface area contributed by atoms with Crippen molar-refractivity contribution in [1.29, 1.82) is 0 Å². The quantitative estimate of drug-likeness (QED) is 0.877. The van der Waals surface area contributed by atoms with Crippen molar-refractivity contribution in [2.24, 2.45) is 5.41 Å². The third kappa shape index (κ3) is 1.80. The minimum absolute atomic E-state index is 0.106. The lowest BCUT2D eigenvalue weighted by atomic mass is 10.1. The molecule has 1 fully saturated rings. The number of thiol groups is 1. The Labute approximate surface area is 115 Å². The highest BCUT2D eigenvalue weighted by Gasteiger charge is 2.41. The van der Waals surface area contributed by atoms with Crippen molar-refractivity contribution in [3.05, 3.63) is 27.1 Å². The number of hydrogen-bond donors (Lipinski definition) is 1. The molecule has 0 unspecified atom stereocenters. The number of hydrogen-bond acceptors (Lipinski definition) is 4. The summed E-state index contributed by atoms with van der Waals surface area (Å²) in [5, 5.41) is 0.801. The van der Waals surface area contributed by atoms with Gasteiger partial charge in [-0.05, 0) is 43.4 Å². The third-order valence-electron chi connectivity index (χ3n) is 3.95. The van der Waals surface area contributed by atoms with Crippen molar-refractivity contribution < 1.29 is 0 Å². The largest absolute Gasteiger partial charge is 0.298 e. The molecule has 3 nitrogen and oxygen atoms in total. The molecule has 0 atom stereocenters. The molecule has 1 saturated carbocycles. The molecule has 1 aliphatic rings. The second-order valence-corrected chi connectivity index (χ2v) is 6.82. The van der Waals surface area contributed by atoms with E-state index in [-0.39, 0.29) is 11.0 Å². The lowest BCUT2D eigenvalue weighted by molar-refractivity contribution is 0.462. The van der Waals surface area contributed by atoms with Gasteiger partial charge in [-0.3, -0.25) is 9.36 Å². The number of rotatable bonds is 3. The Hall–Kier alpha value is -0.810. The molecule has 0 saturated heterocycles. The number of nitrogens with zero attached hydrogens (tertiary/aromatic N) is 2. The summed E-state index contributed by atoms with van der Waals surface area (Å²) >= 11 is 5.99. The molecule has 0 spiro atoms. The fourth-order valence-electron chi connectivity index (χ4n) is 2.29. The predicted octanol–water partition coefficient (Wildman–Crippen LogP) is 2.78. The summed E-state index contributed by atoms with van der Waals surface area (Å²) in [6.07, 6.45) is 4.04. The molecule has 3 rings (SSSR count). The highest BCUT2D eigenvalue weighted by Crippen LogP contribution is 2.47. The first-order chi connectivity index (χ1) is 8.56. The number of aryl methyl sites for hydroxylation is 2. The number of fused-ring (bicyclic) bond motifs is 1. The van der Waals surface area contributed by atoms with Crippen LogP contribution in [0.2, 0.25) is 0 Å². The second kappa shape index (κ2) is 4.10. The van der Waals surface area contributed by atoms with Crippen molar-refractivity contribution in [2.75, 3.05) is 5.75 Å². The Balaban J connectivity index is 2.11. The number of aromatic nitrogens is 2. The van der Waals surface area contributed by atoms with Gasteiger partial charge in [0.2, 0.25) is 0 Å². The average Bonchev–Trinajstić information content (AvgIpc) is 3.06. The average molecular weight is 280 g/mol. The first kappa shape index (κ1) is 12.2. The van der Waals surface area contributed by atoms with Crippen molar-refractivity contribution in [2.45, 2.75) is 33.2 Å². The Morgan fingerprint density at radius 2 is 2.22 bits per heavy atom. The van der Waals surface area contributed by atoms with Crippen LogP contribution in [0.15, 0.2) is 11.1 Å². The third-order valence-corrected chi connectivity index (χ3v) is 5.74. The predicted molar refractivity (Wildman–Crippen MR) is 78.9 cm³/mol. The van der Waals surface area contributed by atoms with Gasteiger partial charge in [0.15, 0.2) is 0 Å². The molecule has 18 heavy (non-hydrogen) atoms. The fraction of sp³-hybridized carbons (Fsp3) is 0.538. The van der Waals surface area contributed by atoms with Crippen molar-refractivity contribution >= 4 is 34.2 Å². The zero-order chi connectivity index (χ0) is 12.9. The summed E-state index contributed by atoms with van der Waals surface area (Å²) in [7, 11) is 0. The van der Waals surface area contributed by atoms with Gasteiger partial charge in [-0.1, -0.05) is 0 Å². The van der Waals surface area contributed by atoms with E-state index in [1.807, 2.05) is 13.8 Å². The van der Waals surface area contributed by atoms with E-state index >= 15 is 0 Å². The zero-order valence-electron chi connectivity index (χ0n) is 10.6. The summed E-state index contributed by atoms with van der Waals surface area (Å²) in [6, 6.07) is 0. The minimum atomic E-state index is 0.106. The van der Waals surface area contributed by atoms with Crippen LogP contribution in [0.3, 0.4) is 0 Å². The van der Waals surface area contributed by atoms with Gasteiger partial charge < -0.3 is 0 Å². The van der Waals surface area contributed by atoms with Gasteiger partial charge in [0, 0.05) is 11.4 Å². The van der Waals surface area contributed by atoms with Crippen LogP contribution in [-0.4, -0.2) is 15.3 Å². The first-order valence-electron chi connectivity index (χ1n) is 6.12. The van der Waals surface area contributed by atoms with E-state index in [4.69, 9.17) is 0 Å². The molecular formula is C13H16N2OS2. The lowest BCUT2D eigenvalue weighted by Gasteiger charge is -2.13. The van der Waals surface area contributed by atoms with Crippen LogP contribution in [0.5, 0.6) is 0 Å². The van der Waals surface area contributed by atoms with Gasteiger partial charge in [0.1, 0.15) is 4.83 Å². The molecule has 2 heterocycles. The van der Waals surface area contributed by atoms with Crippen LogP contribution in [0.25, 0.3) is 10.2 Å². The normalized spacial score (nSPS) is 17.3. The van der Waals surface area contributed by atoms with E-state index in [9.17, 15) is 4.79 Å². The summed E-state index contributed by atoms with van der Waals surface area (Å²) < 4.78 is 1.77. The molecule has 0 aromatic carbocycles. The maximum atomic E-state index is 12.5. The van der Waals surface area contributed by atoms with E-state index in [0.29, 0.717) is 0 Å². The van der Waals surface area contributed by atoms with Crippen molar-refractivity contribution in [3.63, 3.8) is 0 Å². The van der Waals surface area contributed by atoms with E-state index in [1.165, 1.54) is 17.7 Å². The molecule has 5 heteroatoms. The molecule has 1 aliphatic carbocycles. The monoisotopic (exact) mass is 280 g/mol. The zero-order valence-corrected chi connectivity index (χ0v) is 12.3. The molecule has 0 N–H and O–H groups in total. The highest BCUT2D eigenvalue weighted by atomic mass is 32.1. The van der Waals surface area contributed by atoms with E-state index in [1.54, 1.807) is 22.2 Å². The molecule has 0 aliphatic heterocycles. The van der Waals surface area contributed by atoms with Crippen LogP contribution in [0.1, 0.15) is 23.3 Å². The van der Waals surface area contributed by atoms with Gasteiger partial charge >= 0.3 is 0 Å². The van der Waals surface area contributed by atoms with Gasteiger partial charge in [0.05, 0.1) is 11.7 Å². The van der Waals surface area contributed by atoms with Crippen molar-refractivity contribution in [1.82, 2.24) is 9.55 Å². The topological polar surface area (TPSA) is 34.9 Å². The summed E-state index contributed by atoms with van der Waals surface area (Å²) in [4.78, 5) is 19.0. The van der Waals surface area contributed by atoms with E-state index in [0.717, 1.165) is 28.1 Å². The molecule has 2 aromatic rings. The van der Waals surface area contributed by atoms with E-state index in [2.05, 4.69) is 17.6 Å². The molecule has 2 aromatic heterocycles. The maximum Gasteiger partial charge on any atom is 0.262 e. The number of thiophene rings is 1. The molecule has 0 amide bonds. The van der Waals surface area contributed by atoms with Gasteiger partial charge in [-0.25, -0.2) is 4.98 Å². The molecule has 0 bridgehead atoms. The Morgan fingerprint density at radius 3 is 2.83 bits per heavy atom. The van der Waals surface area contributed by atoms with Gasteiger partial charge in [0.25, 0.3) is 5.56 Å². The Kier molecular flexibility index (Phi) is 2.79. The van der Waals surface area contributed by atoms with Crippen molar-refractivity contribution in [3.8, 4) is 0 Å². The fourth-order valence-corrected chi connectivity index (χ4v) is 3.69. The first-order valence-corrected chi connectivity index (χ1v) is 7.57. The highest BCUT2D eigenvalue weighted by molar-refractivity contribution is 7.80. The summed E-state index contributed by atoms with van der Waals surface area (Å²) in [5.41, 5.74) is 1.42.